The van der Waals surface area contributed by atoms with E-state index in [1.54, 1.807) is 0 Å². The van der Waals surface area contributed by atoms with Crippen molar-refractivity contribution in [2.45, 2.75) is 45.7 Å². The maximum absolute atomic E-state index is 2.40. The topological polar surface area (TPSA) is 6.25 Å². The van der Waals surface area contributed by atoms with Crippen molar-refractivity contribution in [2.75, 3.05) is 14.1 Å². The molecule has 18 heavy (non-hydrogen) atoms. The second-order valence-corrected chi connectivity index (χ2v) is 6.43. The normalized spacial score (nSPS) is 21.6. The molecule has 0 saturated carbocycles. The summed E-state index contributed by atoms with van der Waals surface area (Å²) in [7, 11) is 4.39. The summed E-state index contributed by atoms with van der Waals surface area (Å²) in [6, 6.07) is 8.80. The molecule has 0 amide bonds. The third kappa shape index (κ3) is 1.58. The minimum absolute atomic E-state index is 0.113. The minimum atomic E-state index is 0.113. The molecule has 0 N–H and O–H groups in total. The fourth-order valence-corrected chi connectivity index (χ4v) is 2.67. The molecule has 0 radical (unpaired) electrons. The smallest absolute Gasteiger partial charge is 0.255 e. The Hall–Kier alpha value is -1.31. The van der Waals surface area contributed by atoms with E-state index in [2.05, 4.69) is 82.5 Å². The van der Waals surface area contributed by atoms with E-state index in [-0.39, 0.29) is 11.1 Å². The standard InChI is InChI=1S/C16H25N2/c1-12-8-10-13(11-9-12)14-17(6)15(2,3)16(4,5)18(14)7/h8-11H,1-7H3/q+1. The van der Waals surface area contributed by atoms with Gasteiger partial charge < -0.3 is 0 Å². The highest BCUT2D eigenvalue weighted by Gasteiger charge is 2.56. The molecule has 1 aliphatic heterocycles. The van der Waals surface area contributed by atoms with Gasteiger partial charge >= 0.3 is 0 Å². The van der Waals surface area contributed by atoms with Crippen molar-refractivity contribution in [1.82, 2.24) is 4.90 Å². The van der Waals surface area contributed by atoms with Gasteiger partial charge in [-0.2, -0.15) is 0 Å². The highest BCUT2D eigenvalue weighted by molar-refractivity contribution is 5.96. The molecule has 0 bridgehead atoms. The Balaban J connectivity index is 2.57. The maximum Gasteiger partial charge on any atom is 0.279 e. The van der Waals surface area contributed by atoms with Crippen molar-refractivity contribution in [1.29, 1.82) is 0 Å². The first-order chi connectivity index (χ1) is 8.19. The molecule has 2 heteroatoms. The van der Waals surface area contributed by atoms with Gasteiger partial charge in [0.15, 0.2) is 0 Å². The predicted molar refractivity (Wildman–Crippen MR) is 77.4 cm³/mol. The van der Waals surface area contributed by atoms with Gasteiger partial charge in [-0.15, -0.1) is 0 Å². The van der Waals surface area contributed by atoms with Crippen molar-refractivity contribution >= 4 is 5.84 Å². The van der Waals surface area contributed by atoms with Crippen LogP contribution in [0.15, 0.2) is 24.3 Å². The number of rotatable bonds is 1. The number of aryl methyl sites for hydroxylation is 1. The molecule has 1 aliphatic rings. The monoisotopic (exact) mass is 245 g/mol. The van der Waals surface area contributed by atoms with Gasteiger partial charge in [-0.25, -0.2) is 0 Å². The second kappa shape index (κ2) is 3.84. The Morgan fingerprint density at radius 3 is 1.89 bits per heavy atom. The van der Waals surface area contributed by atoms with Crippen molar-refractivity contribution < 1.29 is 4.58 Å². The van der Waals surface area contributed by atoms with E-state index < -0.39 is 0 Å². The molecule has 0 unspecified atom stereocenters. The van der Waals surface area contributed by atoms with Crippen LogP contribution in [-0.2, 0) is 0 Å². The maximum atomic E-state index is 2.40. The molecule has 1 heterocycles. The molecule has 0 atom stereocenters. The third-order valence-electron chi connectivity index (χ3n) is 5.12. The molecule has 0 aromatic heterocycles. The minimum Gasteiger partial charge on any atom is -0.255 e. The zero-order valence-corrected chi connectivity index (χ0v) is 12.7. The van der Waals surface area contributed by atoms with E-state index in [0.29, 0.717) is 0 Å². The Bertz CT molecular complexity index is 492. The van der Waals surface area contributed by atoms with Gasteiger partial charge in [-0.05, 0) is 46.8 Å². The predicted octanol–water partition coefficient (Wildman–Crippen LogP) is 2.89. The highest BCUT2D eigenvalue weighted by atomic mass is 15.4. The van der Waals surface area contributed by atoms with E-state index in [1.807, 2.05) is 0 Å². The Morgan fingerprint density at radius 1 is 1.00 bits per heavy atom. The van der Waals surface area contributed by atoms with Crippen LogP contribution < -0.4 is 0 Å². The van der Waals surface area contributed by atoms with Gasteiger partial charge in [0.05, 0.1) is 19.7 Å². The summed E-state index contributed by atoms with van der Waals surface area (Å²) in [5.41, 5.74) is 2.83. The summed E-state index contributed by atoms with van der Waals surface area (Å²) in [4.78, 5) is 2.40. The van der Waals surface area contributed by atoms with Crippen molar-refractivity contribution in [2.24, 2.45) is 0 Å². The third-order valence-corrected chi connectivity index (χ3v) is 5.12. The van der Waals surface area contributed by atoms with Crippen LogP contribution in [0.5, 0.6) is 0 Å². The summed E-state index contributed by atoms with van der Waals surface area (Å²) in [6.45, 7) is 11.4. The Kier molecular flexibility index (Phi) is 2.80. The van der Waals surface area contributed by atoms with Crippen molar-refractivity contribution in [3.8, 4) is 0 Å². The molecule has 1 aromatic carbocycles. The highest BCUT2D eigenvalue weighted by Crippen LogP contribution is 2.36. The number of amidine groups is 1. The number of likely N-dealkylation sites (N-methyl/N-ethyl adjacent to an activating group) is 2. The van der Waals surface area contributed by atoms with E-state index >= 15 is 0 Å². The van der Waals surface area contributed by atoms with E-state index in [9.17, 15) is 0 Å². The van der Waals surface area contributed by atoms with Crippen LogP contribution in [0.25, 0.3) is 0 Å². The van der Waals surface area contributed by atoms with Gasteiger partial charge in [-0.3, -0.25) is 9.48 Å². The van der Waals surface area contributed by atoms with Gasteiger partial charge in [0.1, 0.15) is 11.1 Å². The lowest BCUT2D eigenvalue weighted by molar-refractivity contribution is -0.573. The van der Waals surface area contributed by atoms with Crippen LogP contribution in [0.4, 0.5) is 0 Å². The first kappa shape index (κ1) is 13.1. The quantitative estimate of drug-likeness (QED) is 0.690. The fourth-order valence-electron chi connectivity index (χ4n) is 2.67. The lowest BCUT2D eigenvalue weighted by atomic mass is 9.83. The molecule has 0 saturated heterocycles. The van der Waals surface area contributed by atoms with Crippen LogP contribution in [0, 0.1) is 6.92 Å². The van der Waals surface area contributed by atoms with Crippen LogP contribution in [0.2, 0.25) is 0 Å². The van der Waals surface area contributed by atoms with Gasteiger partial charge in [0.25, 0.3) is 5.84 Å². The molecule has 98 valence electrons. The summed E-state index contributed by atoms with van der Waals surface area (Å²) >= 11 is 0. The second-order valence-electron chi connectivity index (χ2n) is 6.43. The molecule has 2 nitrogen and oxygen atoms in total. The zero-order valence-electron chi connectivity index (χ0n) is 12.7. The lowest BCUT2D eigenvalue weighted by Crippen LogP contribution is -2.53. The van der Waals surface area contributed by atoms with Crippen LogP contribution in [-0.4, -0.2) is 40.5 Å². The van der Waals surface area contributed by atoms with Gasteiger partial charge in [0, 0.05) is 0 Å². The number of hydrogen-bond donors (Lipinski definition) is 0. The molecular weight excluding hydrogens is 220 g/mol. The summed E-state index contributed by atoms with van der Waals surface area (Å²) in [5, 5.41) is 0. The van der Waals surface area contributed by atoms with Crippen LogP contribution in [0.1, 0.15) is 38.8 Å². The molecule has 0 spiro atoms. The largest absolute Gasteiger partial charge is 0.279 e. The van der Waals surface area contributed by atoms with E-state index in [0.717, 1.165) is 0 Å². The van der Waals surface area contributed by atoms with Crippen molar-refractivity contribution in [3.63, 3.8) is 0 Å². The number of nitrogens with zero attached hydrogens (tertiary/aromatic N) is 2. The average molecular weight is 245 g/mol. The Morgan fingerprint density at radius 2 is 1.50 bits per heavy atom. The van der Waals surface area contributed by atoms with Gasteiger partial charge in [-0.1, -0.05) is 17.7 Å². The molecule has 1 aromatic rings. The molecule has 0 fully saturated rings. The molecule has 0 aliphatic carbocycles. The van der Waals surface area contributed by atoms with Crippen LogP contribution in [0.3, 0.4) is 0 Å². The van der Waals surface area contributed by atoms with E-state index in [4.69, 9.17) is 0 Å². The zero-order chi connectivity index (χ0) is 13.7. The number of hydrogen-bond acceptors (Lipinski definition) is 1. The first-order valence-electron chi connectivity index (χ1n) is 6.61. The lowest BCUT2D eigenvalue weighted by Gasteiger charge is -2.34. The SMILES string of the molecule is Cc1ccc(C2=[N+](C)C(C)(C)C(C)(C)N2C)cc1. The molecule has 2 rings (SSSR count). The van der Waals surface area contributed by atoms with E-state index in [1.165, 1.54) is 17.0 Å². The summed E-state index contributed by atoms with van der Waals surface area (Å²) in [6.07, 6.45) is 0. The van der Waals surface area contributed by atoms with Gasteiger partial charge in [0.2, 0.25) is 0 Å². The van der Waals surface area contributed by atoms with Crippen molar-refractivity contribution in [3.05, 3.63) is 35.4 Å². The molecular formula is C16H25N2+. The fraction of sp³-hybridized carbons (Fsp3) is 0.562. The first-order valence-corrected chi connectivity index (χ1v) is 6.61. The summed E-state index contributed by atoms with van der Waals surface area (Å²) < 4.78 is 2.40. The van der Waals surface area contributed by atoms with Crippen LogP contribution >= 0.6 is 0 Å². The average Bonchev–Trinajstić information content (AvgIpc) is 2.41. The Labute approximate surface area is 111 Å². The summed E-state index contributed by atoms with van der Waals surface area (Å²) in [5.74, 6) is 1.31. The number of benzene rings is 1.